The van der Waals surface area contributed by atoms with Crippen LogP contribution in [-0.2, 0) is 9.59 Å². The lowest BCUT2D eigenvalue weighted by Gasteiger charge is -2.30. The maximum atomic E-state index is 12.5. The van der Waals surface area contributed by atoms with Crippen molar-refractivity contribution in [2.45, 2.75) is 54.7 Å². The second-order valence-corrected chi connectivity index (χ2v) is 7.40. The van der Waals surface area contributed by atoms with E-state index >= 15 is 0 Å². The normalized spacial score (nSPS) is 17.5. The van der Waals surface area contributed by atoms with Crippen molar-refractivity contribution >= 4 is 23.6 Å². The molecule has 23 heavy (non-hydrogen) atoms. The van der Waals surface area contributed by atoms with Crippen molar-refractivity contribution in [1.82, 2.24) is 5.32 Å². The Labute approximate surface area is 140 Å². The number of methoxy groups -OCH3 is 1. The van der Waals surface area contributed by atoms with E-state index in [4.69, 9.17) is 9.84 Å². The summed E-state index contributed by atoms with van der Waals surface area (Å²) >= 11 is 1.46. The second kappa shape index (κ2) is 7.73. The zero-order valence-corrected chi connectivity index (χ0v) is 14.3. The molecule has 2 rings (SSSR count). The molecule has 0 spiro atoms. The third-order valence-electron chi connectivity index (χ3n) is 4.18. The van der Waals surface area contributed by atoms with Crippen LogP contribution in [-0.4, -0.2) is 34.9 Å². The Balaban J connectivity index is 1.96. The summed E-state index contributed by atoms with van der Waals surface area (Å²) in [6.07, 6.45) is 3.41. The lowest BCUT2D eigenvalue weighted by Crippen LogP contribution is -2.50. The number of carboxylic acid groups (broad SMARTS) is 1. The van der Waals surface area contributed by atoms with Crippen LogP contribution in [0.3, 0.4) is 0 Å². The molecule has 0 aromatic heterocycles. The molecule has 5 nitrogen and oxygen atoms in total. The van der Waals surface area contributed by atoms with E-state index in [1.54, 1.807) is 7.11 Å². The monoisotopic (exact) mass is 337 g/mol. The van der Waals surface area contributed by atoms with Gasteiger partial charge in [0.05, 0.1) is 24.3 Å². The molecule has 0 bridgehead atoms. The highest BCUT2D eigenvalue weighted by atomic mass is 32.2. The minimum Gasteiger partial charge on any atom is -0.497 e. The smallest absolute Gasteiger partial charge is 0.305 e. The first-order chi connectivity index (χ1) is 10.9. The molecule has 1 fully saturated rings. The summed E-state index contributed by atoms with van der Waals surface area (Å²) in [6, 6.07) is 7.54. The molecule has 0 saturated heterocycles. The van der Waals surface area contributed by atoms with Gasteiger partial charge in [0.1, 0.15) is 5.75 Å². The third-order valence-corrected chi connectivity index (χ3v) is 5.29. The van der Waals surface area contributed by atoms with E-state index in [-0.39, 0.29) is 17.6 Å². The molecule has 1 atom stereocenters. The van der Waals surface area contributed by atoms with Crippen LogP contribution in [0, 0.1) is 0 Å². The number of carbonyl (C=O) groups excluding carboxylic acids is 1. The van der Waals surface area contributed by atoms with Crippen LogP contribution in [0.25, 0.3) is 0 Å². The first kappa shape index (κ1) is 17.7. The quantitative estimate of drug-likeness (QED) is 0.748. The van der Waals surface area contributed by atoms with E-state index < -0.39 is 11.5 Å². The SMILES string of the molecule is COc1ccc(SC(C)C(=O)NC2(CC(=O)O)CCCC2)cc1. The average Bonchev–Trinajstić information content (AvgIpc) is 2.95. The summed E-state index contributed by atoms with van der Waals surface area (Å²) in [5, 5.41) is 11.8. The highest BCUT2D eigenvalue weighted by Crippen LogP contribution is 2.33. The van der Waals surface area contributed by atoms with Gasteiger partial charge in [-0.3, -0.25) is 9.59 Å². The number of thioether (sulfide) groups is 1. The number of hydrogen-bond donors (Lipinski definition) is 2. The van der Waals surface area contributed by atoms with Gasteiger partial charge in [-0.1, -0.05) is 12.8 Å². The lowest BCUT2D eigenvalue weighted by molar-refractivity contribution is -0.139. The largest absolute Gasteiger partial charge is 0.497 e. The summed E-state index contributed by atoms with van der Waals surface area (Å²) in [4.78, 5) is 24.5. The van der Waals surface area contributed by atoms with Crippen molar-refractivity contribution in [3.05, 3.63) is 24.3 Å². The molecule has 1 aromatic carbocycles. The van der Waals surface area contributed by atoms with Crippen LogP contribution < -0.4 is 10.1 Å². The van der Waals surface area contributed by atoms with E-state index in [9.17, 15) is 9.59 Å². The number of carboxylic acids is 1. The van der Waals surface area contributed by atoms with Crippen LogP contribution in [0.2, 0.25) is 0 Å². The number of aliphatic carboxylic acids is 1. The lowest BCUT2D eigenvalue weighted by atomic mass is 9.93. The minimum atomic E-state index is -0.859. The number of amides is 1. The van der Waals surface area contributed by atoms with E-state index in [2.05, 4.69) is 5.32 Å². The number of rotatable bonds is 7. The zero-order valence-electron chi connectivity index (χ0n) is 13.5. The van der Waals surface area contributed by atoms with Crippen molar-refractivity contribution in [3.8, 4) is 5.75 Å². The highest BCUT2D eigenvalue weighted by molar-refractivity contribution is 8.00. The van der Waals surface area contributed by atoms with Crippen LogP contribution in [0.5, 0.6) is 5.75 Å². The van der Waals surface area contributed by atoms with Crippen LogP contribution in [0.1, 0.15) is 39.0 Å². The molecule has 2 N–H and O–H groups in total. The molecule has 1 aliphatic rings. The van der Waals surface area contributed by atoms with Crippen molar-refractivity contribution < 1.29 is 19.4 Å². The summed E-state index contributed by atoms with van der Waals surface area (Å²) in [6.45, 7) is 1.84. The number of benzene rings is 1. The van der Waals surface area contributed by atoms with E-state index in [0.717, 1.165) is 36.3 Å². The van der Waals surface area contributed by atoms with Gasteiger partial charge >= 0.3 is 5.97 Å². The molecule has 1 aliphatic carbocycles. The Morgan fingerprint density at radius 2 is 1.91 bits per heavy atom. The molecule has 6 heteroatoms. The zero-order chi connectivity index (χ0) is 16.9. The van der Waals surface area contributed by atoms with E-state index in [1.165, 1.54) is 11.8 Å². The Bertz CT molecular complexity index is 552. The van der Waals surface area contributed by atoms with Gasteiger partial charge in [-0.05, 0) is 44.0 Å². The maximum absolute atomic E-state index is 12.5. The van der Waals surface area contributed by atoms with Gasteiger partial charge in [-0.25, -0.2) is 0 Å². The van der Waals surface area contributed by atoms with Gasteiger partial charge < -0.3 is 15.2 Å². The number of ether oxygens (including phenoxy) is 1. The van der Waals surface area contributed by atoms with Gasteiger partial charge in [0, 0.05) is 4.90 Å². The number of nitrogens with one attached hydrogen (secondary N) is 1. The van der Waals surface area contributed by atoms with Gasteiger partial charge in [0.2, 0.25) is 5.91 Å². The molecule has 0 aliphatic heterocycles. The summed E-state index contributed by atoms with van der Waals surface area (Å²) in [5.74, 6) is -0.186. The Morgan fingerprint density at radius 3 is 2.43 bits per heavy atom. The molecule has 126 valence electrons. The Morgan fingerprint density at radius 1 is 1.30 bits per heavy atom. The second-order valence-electron chi connectivity index (χ2n) is 5.98. The highest BCUT2D eigenvalue weighted by Gasteiger charge is 2.38. The Hall–Kier alpha value is -1.69. The molecule has 1 saturated carbocycles. The van der Waals surface area contributed by atoms with Crippen molar-refractivity contribution in [3.63, 3.8) is 0 Å². The summed E-state index contributed by atoms with van der Waals surface area (Å²) < 4.78 is 5.12. The topological polar surface area (TPSA) is 75.6 Å². The molecule has 0 heterocycles. The molecular formula is C17H23NO4S. The standard InChI is InChI=1S/C17H23NO4S/c1-12(23-14-7-5-13(22-2)6-8-14)16(21)18-17(11-15(19)20)9-3-4-10-17/h5-8,12H,3-4,9-11H2,1-2H3,(H,18,21)(H,19,20). The van der Waals surface area contributed by atoms with Crippen molar-refractivity contribution in [2.24, 2.45) is 0 Å². The molecule has 0 radical (unpaired) electrons. The summed E-state index contributed by atoms with van der Waals surface area (Å²) in [7, 11) is 1.61. The van der Waals surface area contributed by atoms with Gasteiger partial charge in [0.25, 0.3) is 0 Å². The fourth-order valence-corrected chi connectivity index (χ4v) is 3.83. The van der Waals surface area contributed by atoms with Crippen LogP contribution in [0.4, 0.5) is 0 Å². The number of carbonyl (C=O) groups is 2. The predicted octanol–water partition coefficient (Wildman–Crippen LogP) is 3.08. The van der Waals surface area contributed by atoms with Crippen LogP contribution >= 0.6 is 11.8 Å². The number of hydrogen-bond acceptors (Lipinski definition) is 4. The fourth-order valence-electron chi connectivity index (χ4n) is 2.96. The van der Waals surface area contributed by atoms with Gasteiger partial charge in [-0.15, -0.1) is 11.8 Å². The van der Waals surface area contributed by atoms with E-state index in [1.807, 2.05) is 31.2 Å². The van der Waals surface area contributed by atoms with Crippen molar-refractivity contribution in [2.75, 3.05) is 7.11 Å². The van der Waals surface area contributed by atoms with Gasteiger partial charge in [-0.2, -0.15) is 0 Å². The van der Waals surface area contributed by atoms with Crippen LogP contribution in [0.15, 0.2) is 29.2 Å². The van der Waals surface area contributed by atoms with E-state index in [0.29, 0.717) is 0 Å². The maximum Gasteiger partial charge on any atom is 0.305 e. The molecule has 1 amide bonds. The van der Waals surface area contributed by atoms with Gasteiger partial charge in [0.15, 0.2) is 0 Å². The van der Waals surface area contributed by atoms with Crippen molar-refractivity contribution in [1.29, 1.82) is 0 Å². The first-order valence-electron chi connectivity index (χ1n) is 7.79. The summed E-state index contributed by atoms with van der Waals surface area (Å²) in [5.41, 5.74) is -0.572. The minimum absolute atomic E-state index is 0.00133. The fraction of sp³-hybridized carbons (Fsp3) is 0.529. The average molecular weight is 337 g/mol. The molecular weight excluding hydrogens is 314 g/mol. The third kappa shape index (κ3) is 4.89. The predicted molar refractivity (Wildman–Crippen MR) is 89.9 cm³/mol. The molecule has 1 unspecified atom stereocenters. The Kier molecular flexibility index (Phi) is 5.93. The first-order valence-corrected chi connectivity index (χ1v) is 8.67. The molecule has 1 aromatic rings.